The lowest BCUT2D eigenvalue weighted by atomic mass is 10.1. The summed E-state index contributed by atoms with van der Waals surface area (Å²) in [6, 6.07) is 7.33. The second kappa shape index (κ2) is 5.95. The number of rotatable bonds is 5. The van der Waals surface area contributed by atoms with Gasteiger partial charge in [-0.2, -0.15) is 0 Å². The molecule has 2 rings (SSSR count). The van der Waals surface area contributed by atoms with Crippen molar-refractivity contribution in [2.45, 2.75) is 6.54 Å². The average Bonchev–Trinajstić information content (AvgIpc) is 2.84. The molecular weight excluding hydrogens is 265 g/mol. The molecule has 100 valence electrons. The second-order valence-electron chi connectivity index (χ2n) is 4.34. The lowest BCUT2D eigenvalue weighted by Gasteiger charge is -2.15. The first-order chi connectivity index (χ1) is 9.06. The van der Waals surface area contributed by atoms with Gasteiger partial charge in [-0.3, -0.25) is 9.69 Å². The van der Waals surface area contributed by atoms with Gasteiger partial charge in [-0.25, -0.2) is 4.39 Å². The number of thiophene rings is 1. The van der Waals surface area contributed by atoms with Gasteiger partial charge in [0.25, 0.3) is 0 Å². The van der Waals surface area contributed by atoms with E-state index in [9.17, 15) is 14.3 Å². The summed E-state index contributed by atoms with van der Waals surface area (Å²) in [4.78, 5) is 15.0. The van der Waals surface area contributed by atoms with Crippen molar-refractivity contribution in [2.75, 3.05) is 13.6 Å². The predicted molar refractivity (Wildman–Crippen MR) is 73.0 cm³/mol. The largest absolute Gasteiger partial charge is 0.507 e. The van der Waals surface area contributed by atoms with E-state index in [0.717, 1.165) is 17.0 Å². The molecule has 0 bridgehead atoms. The van der Waals surface area contributed by atoms with Gasteiger partial charge in [0.2, 0.25) is 0 Å². The molecule has 5 heteroatoms. The Morgan fingerprint density at radius 1 is 1.42 bits per heavy atom. The number of nitrogens with zero attached hydrogens (tertiary/aromatic N) is 1. The number of carbonyl (C=O) groups excluding carboxylic acids is 1. The van der Waals surface area contributed by atoms with Crippen LogP contribution in [0, 0.1) is 5.82 Å². The monoisotopic (exact) mass is 279 g/mol. The Bertz CT molecular complexity index is 569. The molecule has 1 N–H and O–H groups in total. The summed E-state index contributed by atoms with van der Waals surface area (Å²) in [5, 5.41) is 11.5. The van der Waals surface area contributed by atoms with Crippen LogP contribution in [-0.4, -0.2) is 29.4 Å². The van der Waals surface area contributed by atoms with E-state index in [4.69, 9.17) is 0 Å². The van der Waals surface area contributed by atoms with Gasteiger partial charge in [0.05, 0.1) is 12.1 Å². The number of phenols is 1. The lowest BCUT2D eigenvalue weighted by molar-refractivity contribution is 0.0940. The summed E-state index contributed by atoms with van der Waals surface area (Å²) in [5.74, 6) is -1.01. The minimum absolute atomic E-state index is 0.0260. The van der Waals surface area contributed by atoms with Gasteiger partial charge < -0.3 is 5.11 Å². The summed E-state index contributed by atoms with van der Waals surface area (Å²) in [5.41, 5.74) is 0.0260. The van der Waals surface area contributed by atoms with Crippen LogP contribution in [0.25, 0.3) is 0 Å². The number of phenolic OH excluding ortho intramolecular Hbond substituents is 1. The molecule has 0 saturated carbocycles. The van der Waals surface area contributed by atoms with Crippen molar-refractivity contribution >= 4 is 17.1 Å². The zero-order valence-electron chi connectivity index (χ0n) is 10.5. The van der Waals surface area contributed by atoms with Crippen LogP contribution in [0.15, 0.2) is 35.7 Å². The molecule has 1 aromatic carbocycles. The van der Waals surface area contributed by atoms with E-state index in [2.05, 4.69) is 0 Å². The smallest absolute Gasteiger partial charge is 0.180 e. The van der Waals surface area contributed by atoms with Crippen molar-refractivity contribution in [1.29, 1.82) is 0 Å². The average molecular weight is 279 g/mol. The van der Waals surface area contributed by atoms with E-state index in [0.29, 0.717) is 6.54 Å². The van der Waals surface area contributed by atoms with Crippen molar-refractivity contribution < 1.29 is 14.3 Å². The molecule has 1 aromatic heterocycles. The number of hydrogen-bond acceptors (Lipinski definition) is 4. The number of halogens is 1. The molecule has 0 unspecified atom stereocenters. The van der Waals surface area contributed by atoms with Crippen LogP contribution < -0.4 is 0 Å². The number of Topliss-reactive ketones (excluding diaryl/α,β-unsaturated/α-hetero) is 1. The van der Waals surface area contributed by atoms with Crippen LogP contribution in [-0.2, 0) is 6.54 Å². The van der Waals surface area contributed by atoms with Gasteiger partial charge in [0.15, 0.2) is 5.78 Å². The van der Waals surface area contributed by atoms with Crippen molar-refractivity contribution in [3.8, 4) is 5.75 Å². The van der Waals surface area contributed by atoms with Gasteiger partial charge in [-0.05, 0) is 36.7 Å². The Labute approximate surface area is 114 Å². The third kappa shape index (κ3) is 3.62. The van der Waals surface area contributed by atoms with Gasteiger partial charge in [-0.15, -0.1) is 11.3 Å². The maximum atomic E-state index is 13.1. The van der Waals surface area contributed by atoms with Crippen molar-refractivity contribution in [3.05, 3.63) is 52.0 Å². The normalized spacial score (nSPS) is 10.9. The summed E-state index contributed by atoms with van der Waals surface area (Å²) in [7, 11) is 1.81. The van der Waals surface area contributed by atoms with E-state index in [1.165, 1.54) is 6.07 Å². The fourth-order valence-electron chi connectivity index (χ4n) is 1.79. The van der Waals surface area contributed by atoms with Crippen LogP contribution in [0.2, 0.25) is 0 Å². The first-order valence-corrected chi connectivity index (χ1v) is 6.67. The summed E-state index contributed by atoms with van der Waals surface area (Å²) in [6.45, 7) is 0.786. The summed E-state index contributed by atoms with van der Waals surface area (Å²) >= 11 is 1.62. The van der Waals surface area contributed by atoms with Gasteiger partial charge in [0.1, 0.15) is 11.6 Å². The van der Waals surface area contributed by atoms with Gasteiger partial charge in [0, 0.05) is 11.4 Å². The third-order valence-electron chi connectivity index (χ3n) is 2.68. The molecule has 0 radical (unpaired) electrons. The molecule has 0 fully saturated rings. The molecular formula is C14H14FNO2S. The fraction of sp³-hybridized carbons (Fsp3) is 0.214. The Balaban J connectivity index is 2.02. The standard InChI is InChI=1S/C14H14FNO2S/c1-16(8-11-3-2-6-19-11)9-14(18)12-7-10(15)4-5-13(12)17/h2-7,17H,8-9H2,1H3. The molecule has 0 aliphatic rings. The van der Waals surface area contributed by atoms with E-state index in [1.807, 2.05) is 29.5 Å². The number of hydrogen-bond donors (Lipinski definition) is 1. The minimum Gasteiger partial charge on any atom is -0.507 e. The van der Waals surface area contributed by atoms with Crippen LogP contribution in [0.5, 0.6) is 5.75 Å². The topological polar surface area (TPSA) is 40.5 Å². The maximum Gasteiger partial charge on any atom is 0.180 e. The number of benzene rings is 1. The van der Waals surface area contributed by atoms with Crippen LogP contribution in [0.4, 0.5) is 4.39 Å². The number of aromatic hydroxyl groups is 1. The first kappa shape index (κ1) is 13.7. The van der Waals surface area contributed by atoms with Crippen molar-refractivity contribution in [3.63, 3.8) is 0 Å². The van der Waals surface area contributed by atoms with Gasteiger partial charge >= 0.3 is 0 Å². The maximum absolute atomic E-state index is 13.1. The number of carbonyl (C=O) groups is 1. The quantitative estimate of drug-likeness (QED) is 0.856. The third-order valence-corrected chi connectivity index (χ3v) is 3.54. The van der Waals surface area contributed by atoms with E-state index in [1.54, 1.807) is 11.3 Å². The molecule has 0 saturated heterocycles. The van der Waals surface area contributed by atoms with Crippen LogP contribution in [0.3, 0.4) is 0 Å². The van der Waals surface area contributed by atoms with E-state index in [-0.39, 0.29) is 23.6 Å². The highest BCUT2D eigenvalue weighted by Crippen LogP contribution is 2.19. The Morgan fingerprint density at radius 2 is 2.21 bits per heavy atom. The molecule has 3 nitrogen and oxygen atoms in total. The highest BCUT2D eigenvalue weighted by Gasteiger charge is 2.14. The lowest BCUT2D eigenvalue weighted by Crippen LogP contribution is -2.25. The molecule has 0 atom stereocenters. The molecule has 2 aromatic rings. The minimum atomic E-state index is -0.526. The number of ketones is 1. The van der Waals surface area contributed by atoms with E-state index < -0.39 is 5.82 Å². The molecule has 0 aliphatic carbocycles. The second-order valence-corrected chi connectivity index (χ2v) is 5.37. The summed E-state index contributed by atoms with van der Waals surface area (Å²) in [6.07, 6.45) is 0. The number of likely N-dealkylation sites (N-methyl/N-ethyl adjacent to an activating group) is 1. The molecule has 0 aliphatic heterocycles. The Kier molecular flexibility index (Phi) is 4.29. The van der Waals surface area contributed by atoms with Crippen LogP contribution >= 0.6 is 11.3 Å². The summed E-state index contributed by atoms with van der Waals surface area (Å²) < 4.78 is 13.1. The molecule has 0 spiro atoms. The zero-order chi connectivity index (χ0) is 13.8. The van der Waals surface area contributed by atoms with E-state index >= 15 is 0 Å². The Hall–Kier alpha value is -1.72. The zero-order valence-corrected chi connectivity index (χ0v) is 11.3. The predicted octanol–water partition coefficient (Wildman–Crippen LogP) is 2.91. The fourth-order valence-corrected chi connectivity index (χ4v) is 2.57. The Morgan fingerprint density at radius 3 is 2.89 bits per heavy atom. The molecule has 19 heavy (non-hydrogen) atoms. The SMILES string of the molecule is CN(CC(=O)c1cc(F)ccc1O)Cc1cccs1. The van der Waals surface area contributed by atoms with Crippen molar-refractivity contribution in [2.24, 2.45) is 0 Å². The molecule has 1 heterocycles. The van der Waals surface area contributed by atoms with Gasteiger partial charge in [-0.1, -0.05) is 6.07 Å². The first-order valence-electron chi connectivity index (χ1n) is 5.79. The molecule has 0 amide bonds. The van der Waals surface area contributed by atoms with Crippen LogP contribution in [0.1, 0.15) is 15.2 Å². The van der Waals surface area contributed by atoms with Crippen molar-refractivity contribution in [1.82, 2.24) is 4.90 Å². The highest BCUT2D eigenvalue weighted by atomic mass is 32.1. The highest BCUT2D eigenvalue weighted by molar-refractivity contribution is 7.09.